The van der Waals surface area contributed by atoms with Crippen molar-refractivity contribution in [3.05, 3.63) is 32.4 Å². The van der Waals surface area contributed by atoms with Crippen LogP contribution in [-0.4, -0.2) is 36.5 Å². The molecule has 0 bridgehead atoms. The van der Waals surface area contributed by atoms with Crippen LogP contribution in [0.5, 0.6) is 0 Å². The quantitative estimate of drug-likeness (QED) is 0.776. The molecular formula is C15H20ClIN2O. The summed E-state index contributed by atoms with van der Waals surface area (Å²) in [6, 6.07) is 5.85. The van der Waals surface area contributed by atoms with Gasteiger partial charge in [-0.25, -0.2) is 0 Å². The molecule has 20 heavy (non-hydrogen) atoms. The fraction of sp³-hybridized carbons (Fsp3) is 0.533. The molecule has 0 aromatic heterocycles. The number of hydrogen-bond donors (Lipinski definition) is 1. The Morgan fingerprint density at radius 1 is 1.55 bits per heavy atom. The Balaban J connectivity index is 2.18. The Morgan fingerprint density at radius 2 is 2.35 bits per heavy atom. The summed E-state index contributed by atoms with van der Waals surface area (Å²) in [5.41, 5.74) is 0.689. The maximum Gasteiger partial charge on any atom is 0.254 e. The molecule has 0 saturated carbocycles. The number of hydrogen-bond acceptors (Lipinski definition) is 2. The average Bonchev–Trinajstić information content (AvgIpc) is 2.48. The first kappa shape index (κ1) is 16.0. The number of halogens is 2. The van der Waals surface area contributed by atoms with E-state index >= 15 is 0 Å². The van der Waals surface area contributed by atoms with E-state index in [1.807, 2.05) is 17.0 Å². The molecule has 1 N–H and O–H groups in total. The van der Waals surface area contributed by atoms with Crippen molar-refractivity contribution in [3.63, 3.8) is 0 Å². The van der Waals surface area contributed by atoms with Crippen LogP contribution in [0.4, 0.5) is 0 Å². The molecule has 1 heterocycles. The summed E-state index contributed by atoms with van der Waals surface area (Å²) in [6.45, 7) is 4.86. The van der Waals surface area contributed by atoms with E-state index in [-0.39, 0.29) is 5.91 Å². The third kappa shape index (κ3) is 3.86. The van der Waals surface area contributed by atoms with Gasteiger partial charge < -0.3 is 10.2 Å². The highest BCUT2D eigenvalue weighted by Crippen LogP contribution is 2.22. The van der Waals surface area contributed by atoms with Crippen molar-refractivity contribution in [2.24, 2.45) is 0 Å². The lowest BCUT2D eigenvalue weighted by atomic mass is 10.0. The Morgan fingerprint density at radius 3 is 2.95 bits per heavy atom. The summed E-state index contributed by atoms with van der Waals surface area (Å²) in [4.78, 5) is 14.7. The molecule has 5 heteroatoms. The minimum Gasteiger partial charge on any atom is -0.334 e. The summed E-state index contributed by atoms with van der Waals surface area (Å²) in [7, 11) is 0. The van der Waals surface area contributed by atoms with Gasteiger partial charge in [0, 0.05) is 28.3 Å². The third-order valence-corrected chi connectivity index (χ3v) is 5.18. The highest BCUT2D eigenvalue weighted by Gasteiger charge is 2.25. The molecule has 110 valence electrons. The molecule has 3 nitrogen and oxygen atoms in total. The highest BCUT2D eigenvalue weighted by atomic mass is 127. The van der Waals surface area contributed by atoms with Crippen LogP contribution >= 0.6 is 34.2 Å². The van der Waals surface area contributed by atoms with Crippen molar-refractivity contribution in [1.29, 1.82) is 0 Å². The molecule has 1 amide bonds. The van der Waals surface area contributed by atoms with E-state index in [9.17, 15) is 4.79 Å². The second-order valence-corrected chi connectivity index (χ2v) is 6.70. The smallest absolute Gasteiger partial charge is 0.254 e. The van der Waals surface area contributed by atoms with Crippen molar-refractivity contribution in [3.8, 4) is 0 Å². The first-order valence-electron chi connectivity index (χ1n) is 7.10. The lowest BCUT2D eigenvalue weighted by molar-refractivity contribution is 0.0649. The predicted octanol–water partition coefficient (Wildman–Crippen LogP) is 3.55. The van der Waals surface area contributed by atoms with E-state index in [0.717, 1.165) is 42.5 Å². The normalized spacial score (nSPS) is 18.9. The van der Waals surface area contributed by atoms with E-state index in [1.54, 1.807) is 6.07 Å². The van der Waals surface area contributed by atoms with E-state index in [2.05, 4.69) is 34.8 Å². The van der Waals surface area contributed by atoms with Crippen LogP contribution in [0.25, 0.3) is 0 Å². The monoisotopic (exact) mass is 406 g/mol. The number of carbonyl (C=O) groups excluding carboxylic acids is 1. The van der Waals surface area contributed by atoms with Crippen LogP contribution in [0, 0.1) is 3.57 Å². The van der Waals surface area contributed by atoms with E-state index < -0.39 is 0 Å². The zero-order valence-electron chi connectivity index (χ0n) is 11.7. The van der Waals surface area contributed by atoms with Gasteiger partial charge >= 0.3 is 0 Å². The Hall–Kier alpha value is -0.330. The number of amides is 1. The largest absolute Gasteiger partial charge is 0.334 e. The lowest BCUT2D eigenvalue weighted by Gasteiger charge is -2.34. The summed E-state index contributed by atoms with van der Waals surface area (Å²) in [6.07, 6.45) is 3.18. The Bertz CT molecular complexity index is 475. The van der Waals surface area contributed by atoms with Crippen molar-refractivity contribution in [1.82, 2.24) is 10.2 Å². The van der Waals surface area contributed by atoms with Crippen molar-refractivity contribution in [2.75, 3.05) is 19.6 Å². The molecule has 2 rings (SSSR count). The number of benzene rings is 1. The highest BCUT2D eigenvalue weighted by molar-refractivity contribution is 14.1. The molecule has 0 aliphatic carbocycles. The van der Waals surface area contributed by atoms with Crippen molar-refractivity contribution >= 4 is 40.1 Å². The molecule has 1 aromatic rings. The lowest BCUT2D eigenvalue weighted by Crippen LogP contribution is -2.49. The Kier molecular flexibility index (Phi) is 6.11. The predicted molar refractivity (Wildman–Crippen MR) is 91.4 cm³/mol. The minimum atomic E-state index is 0.0962. The fourth-order valence-electron chi connectivity index (χ4n) is 2.59. The van der Waals surface area contributed by atoms with Crippen LogP contribution in [0.1, 0.15) is 36.5 Å². The Labute approximate surface area is 139 Å². The molecule has 1 fully saturated rings. The third-order valence-electron chi connectivity index (χ3n) is 3.60. The van der Waals surface area contributed by atoms with Gasteiger partial charge in [-0.2, -0.15) is 0 Å². The zero-order valence-corrected chi connectivity index (χ0v) is 14.6. The molecule has 1 aliphatic heterocycles. The summed E-state index contributed by atoms with van der Waals surface area (Å²) in [5.74, 6) is 0.0962. The van der Waals surface area contributed by atoms with Gasteiger partial charge in [-0.15, -0.1) is 0 Å². The van der Waals surface area contributed by atoms with Crippen LogP contribution in [0.2, 0.25) is 5.02 Å². The maximum atomic E-state index is 12.7. The van der Waals surface area contributed by atoms with Crippen molar-refractivity contribution in [2.45, 2.75) is 32.2 Å². The van der Waals surface area contributed by atoms with Crippen LogP contribution in [0.3, 0.4) is 0 Å². The van der Waals surface area contributed by atoms with Gasteiger partial charge in [0.15, 0.2) is 0 Å². The second-order valence-electron chi connectivity index (χ2n) is 5.13. The van der Waals surface area contributed by atoms with E-state index in [4.69, 9.17) is 11.6 Å². The van der Waals surface area contributed by atoms with Crippen LogP contribution < -0.4 is 5.32 Å². The molecule has 1 saturated heterocycles. The maximum absolute atomic E-state index is 12.7. The first-order chi connectivity index (χ1) is 9.63. The average molecular weight is 407 g/mol. The van der Waals surface area contributed by atoms with E-state index in [0.29, 0.717) is 16.6 Å². The standard InChI is InChI=1S/C15H20ClIN2O/c1-2-8-19(12-4-3-7-18-10-12)15(20)11-5-6-14(17)13(16)9-11/h5-6,9,12,18H,2-4,7-8,10H2,1H3. The van der Waals surface area contributed by atoms with Crippen LogP contribution in [-0.2, 0) is 0 Å². The minimum absolute atomic E-state index is 0.0962. The molecular weight excluding hydrogens is 387 g/mol. The summed E-state index contributed by atoms with van der Waals surface area (Å²) >= 11 is 8.31. The van der Waals surface area contributed by atoms with Gasteiger partial charge in [0.25, 0.3) is 5.91 Å². The van der Waals surface area contributed by atoms with Gasteiger partial charge in [-0.1, -0.05) is 18.5 Å². The zero-order chi connectivity index (χ0) is 14.5. The first-order valence-corrected chi connectivity index (χ1v) is 8.56. The van der Waals surface area contributed by atoms with Gasteiger partial charge in [-0.05, 0) is 66.6 Å². The molecule has 0 radical (unpaired) electrons. The van der Waals surface area contributed by atoms with Gasteiger partial charge in [-0.3, -0.25) is 4.79 Å². The summed E-state index contributed by atoms with van der Waals surface area (Å²) in [5, 5.41) is 4.03. The molecule has 1 aliphatic rings. The molecule has 0 spiro atoms. The number of nitrogens with one attached hydrogen (secondary N) is 1. The number of nitrogens with zero attached hydrogens (tertiary/aromatic N) is 1. The number of rotatable bonds is 4. The topological polar surface area (TPSA) is 32.3 Å². The second kappa shape index (κ2) is 7.61. The molecule has 1 unspecified atom stereocenters. The van der Waals surface area contributed by atoms with E-state index in [1.165, 1.54) is 0 Å². The van der Waals surface area contributed by atoms with Crippen molar-refractivity contribution < 1.29 is 4.79 Å². The molecule has 1 atom stereocenters. The SMILES string of the molecule is CCCN(C(=O)c1ccc(I)c(Cl)c1)C1CCCNC1. The summed E-state index contributed by atoms with van der Waals surface area (Å²) < 4.78 is 0.974. The van der Waals surface area contributed by atoms with Gasteiger partial charge in [0.05, 0.1) is 5.02 Å². The molecule has 1 aromatic carbocycles. The van der Waals surface area contributed by atoms with Crippen LogP contribution in [0.15, 0.2) is 18.2 Å². The number of piperidine rings is 1. The fourth-order valence-corrected chi connectivity index (χ4v) is 3.10. The van der Waals surface area contributed by atoms with Gasteiger partial charge in [0.2, 0.25) is 0 Å². The van der Waals surface area contributed by atoms with Gasteiger partial charge in [0.1, 0.15) is 0 Å². The number of carbonyl (C=O) groups is 1.